The molecule has 27 heavy (non-hydrogen) atoms. The topological polar surface area (TPSA) is 43.5 Å². The van der Waals surface area contributed by atoms with Crippen LogP contribution in [-0.4, -0.2) is 63.7 Å². The van der Waals surface area contributed by atoms with Crippen molar-refractivity contribution in [1.29, 1.82) is 0 Å². The second kappa shape index (κ2) is 8.80. The average molecular weight is 376 g/mol. The number of epoxide rings is 1. The summed E-state index contributed by atoms with van der Waals surface area (Å²) in [6.07, 6.45) is 8.21. The Morgan fingerprint density at radius 3 is 2.67 bits per heavy atom. The predicted molar refractivity (Wildman–Crippen MR) is 105 cm³/mol. The molecule has 1 aromatic carbocycles. The zero-order chi connectivity index (χ0) is 18.6. The molecule has 3 fully saturated rings. The average Bonchev–Trinajstić information content (AvgIpc) is 3.45. The molecule has 1 aliphatic carbocycles. The summed E-state index contributed by atoms with van der Waals surface area (Å²) < 4.78 is 22.7. The van der Waals surface area contributed by atoms with Crippen LogP contribution < -0.4 is 9.47 Å². The summed E-state index contributed by atoms with van der Waals surface area (Å²) in [5.41, 5.74) is 1.23. The monoisotopic (exact) mass is 375 g/mol. The fourth-order valence-electron chi connectivity index (χ4n) is 4.80. The molecule has 4 rings (SSSR count). The first-order chi connectivity index (χ1) is 13.3. The molecule has 5 heteroatoms. The normalized spacial score (nSPS) is 31.0. The summed E-state index contributed by atoms with van der Waals surface area (Å²) in [6.45, 7) is 4.16. The highest BCUT2D eigenvalue weighted by atomic mass is 16.6. The zero-order valence-corrected chi connectivity index (χ0v) is 16.7. The molecule has 3 unspecified atom stereocenters. The van der Waals surface area contributed by atoms with E-state index >= 15 is 0 Å². The van der Waals surface area contributed by atoms with Gasteiger partial charge >= 0.3 is 0 Å². The highest BCUT2D eigenvalue weighted by Gasteiger charge is 2.41. The number of ether oxygens (including phenoxy) is 4. The third-order valence-corrected chi connectivity index (χ3v) is 6.45. The summed E-state index contributed by atoms with van der Waals surface area (Å²) in [5.74, 6) is 2.31. The van der Waals surface area contributed by atoms with Crippen molar-refractivity contribution >= 4 is 0 Å². The lowest BCUT2D eigenvalue weighted by Crippen LogP contribution is -2.46. The van der Waals surface area contributed by atoms with Crippen LogP contribution in [0.25, 0.3) is 0 Å². The lowest BCUT2D eigenvalue weighted by atomic mass is 9.91. The number of hydrogen-bond acceptors (Lipinski definition) is 5. The van der Waals surface area contributed by atoms with Crippen molar-refractivity contribution in [2.45, 2.75) is 56.8 Å². The van der Waals surface area contributed by atoms with E-state index in [0.29, 0.717) is 18.2 Å². The van der Waals surface area contributed by atoms with Gasteiger partial charge in [-0.1, -0.05) is 18.9 Å². The van der Waals surface area contributed by atoms with Crippen molar-refractivity contribution in [1.82, 2.24) is 4.90 Å². The van der Waals surface area contributed by atoms with Crippen molar-refractivity contribution in [2.75, 3.05) is 40.5 Å². The predicted octanol–water partition coefficient (Wildman–Crippen LogP) is 3.29. The third kappa shape index (κ3) is 4.58. The van der Waals surface area contributed by atoms with Crippen LogP contribution in [0.3, 0.4) is 0 Å². The second-order valence-electron chi connectivity index (χ2n) is 8.12. The Morgan fingerprint density at radius 2 is 1.89 bits per heavy atom. The van der Waals surface area contributed by atoms with E-state index in [1.807, 2.05) is 6.07 Å². The van der Waals surface area contributed by atoms with Gasteiger partial charge in [-0.25, -0.2) is 0 Å². The van der Waals surface area contributed by atoms with Crippen molar-refractivity contribution < 1.29 is 18.9 Å². The number of hydrogen-bond donors (Lipinski definition) is 0. The Labute approximate surface area is 162 Å². The van der Waals surface area contributed by atoms with Crippen molar-refractivity contribution in [3.63, 3.8) is 0 Å². The van der Waals surface area contributed by atoms with Crippen LogP contribution in [-0.2, 0) is 15.9 Å². The molecule has 0 bridgehead atoms. The molecular formula is C22H33NO4. The zero-order valence-electron chi connectivity index (χ0n) is 16.7. The SMILES string of the molecule is COc1ccc(CCO[C@H]2CCCCC2N2CCC(C3CO3)C2)cc1OC. The van der Waals surface area contributed by atoms with Gasteiger partial charge in [0, 0.05) is 18.5 Å². The maximum absolute atomic E-state index is 6.41. The van der Waals surface area contributed by atoms with E-state index in [0.717, 1.165) is 37.1 Å². The smallest absolute Gasteiger partial charge is 0.160 e. The summed E-state index contributed by atoms with van der Waals surface area (Å²) in [4.78, 5) is 2.69. The van der Waals surface area contributed by atoms with Crippen LogP contribution in [0.15, 0.2) is 18.2 Å². The van der Waals surface area contributed by atoms with Gasteiger partial charge in [0.25, 0.3) is 0 Å². The molecule has 1 saturated carbocycles. The highest BCUT2D eigenvalue weighted by Crippen LogP contribution is 2.34. The number of methoxy groups -OCH3 is 2. The molecule has 0 spiro atoms. The Hall–Kier alpha value is -1.30. The fourth-order valence-corrected chi connectivity index (χ4v) is 4.80. The maximum Gasteiger partial charge on any atom is 0.160 e. The van der Waals surface area contributed by atoms with Gasteiger partial charge in [0.2, 0.25) is 0 Å². The van der Waals surface area contributed by atoms with Gasteiger partial charge in [0.1, 0.15) is 0 Å². The Morgan fingerprint density at radius 1 is 1.07 bits per heavy atom. The molecule has 0 amide bonds. The molecule has 5 nitrogen and oxygen atoms in total. The Balaban J connectivity index is 1.30. The number of likely N-dealkylation sites (tertiary alicyclic amines) is 1. The van der Waals surface area contributed by atoms with Crippen LogP contribution in [0, 0.1) is 5.92 Å². The maximum atomic E-state index is 6.41. The van der Waals surface area contributed by atoms with E-state index in [4.69, 9.17) is 18.9 Å². The van der Waals surface area contributed by atoms with Gasteiger partial charge in [0.15, 0.2) is 11.5 Å². The van der Waals surface area contributed by atoms with Gasteiger partial charge in [-0.15, -0.1) is 0 Å². The molecule has 2 saturated heterocycles. The number of rotatable bonds is 8. The second-order valence-corrected chi connectivity index (χ2v) is 8.12. The summed E-state index contributed by atoms with van der Waals surface area (Å²) in [7, 11) is 3.35. The molecule has 0 aromatic heterocycles. The van der Waals surface area contributed by atoms with Crippen molar-refractivity contribution in [3.8, 4) is 11.5 Å². The van der Waals surface area contributed by atoms with Crippen LogP contribution >= 0.6 is 0 Å². The first-order valence-corrected chi connectivity index (χ1v) is 10.5. The highest BCUT2D eigenvalue weighted by molar-refractivity contribution is 5.42. The van der Waals surface area contributed by atoms with Crippen LogP contribution in [0.2, 0.25) is 0 Å². The summed E-state index contributed by atoms with van der Waals surface area (Å²) in [5, 5.41) is 0. The van der Waals surface area contributed by atoms with Gasteiger partial charge < -0.3 is 18.9 Å². The minimum absolute atomic E-state index is 0.373. The van der Waals surface area contributed by atoms with E-state index in [1.54, 1.807) is 14.2 Å². The largest absolute Gasteiger partial charge is 0.493 e. The minimum Gasteiger partial charge on any atom is -0.493 e. The molecule has 4 atom stereocenters. The quantitative estimate of drug-likeness (QED) is 0.653. The Kier molecular flexibility index (Phi) is 6.21. The molecule has 0 N–H and O–H groups in total. The molecule has 150 valence electrons. The fraction of sp³-hybridized carbons (Fsp3) is 0.727. The standard InChI is InChI=1S/C22H33NO4/c1-24-20-8-7-16(13-21(20)25-2)10-12-26-19-6-4-3-5-18(19)23-11-9-17(14-23)22-15-27-22/h7-8,13,17-19,22H,3-6,9-12,14-15H2,1-2H3/t17?,18?,19-,22?/m0/s1. The van der Waals surface area contributed by atoms with Crippen LogP contribution in [0.5, 0.6) is 11.5 Å². The van der Waals surface area contributed by atoms with E-state index in [9.17, 15) is 0 Å². The first kappa shape index (κ1) is 19.0. The molecule has 0 radical (unpaired) electrons. The summed E-state index contributed by atoms with van der Waals surface area (Å²) in [6, 6.07) is 6.72. The third-order valence-electron chi connectivity index (χ3n) is 6.45. The van der Waals surface area contributed by atoms with E-state index < -0.39 is 0 Å². The van der Waals surface area contributed by atoms with Crippen molar-refractivity contribution in [2.24, 2.45) is 5.92 Å². The number of benzene rings is 1. The van der Waals surface area contributed by atoms with Crippen LogP contribution in [0.1, 0.15) is 37.7 Å². The van der Waals surface area contributed by atoms with Gasteiger partial charge in [0.05, 0.1) is 39.6 Å². The van der Waals surface area contributed by atoms with E-state index in [1.165, 1.54) is 50.8 Å². The lowest BCUT2D eigenvalue weighted by molar-refractivity contribution is -0.0302. The molecular weight excluding hydrogens is 342 g/mol. The molecule has 2 heterocycles. The number of nitrogens with zero attached hydrogens (tertiary/aromatic N) is 1. The Bertz CT molecular complexity index is 618. The van der Waals surface area contributed by atoms with Crippen molar-refractivity contribution in [3.05, 3.63) is 23.8 Å². The molecule has 3 aliphatic rings. The molecule has 1 aromatic rings. The van der Waals surface area contributed by atoms with Gasteiger partial charge in [-0.3, -0.25) is 4.90 Å². The first-order valence-electron chi connectivity index (χ1n) is 10.5. The van der Waals surface area contributed by atoms with E-state index in [2.05, 4.69) is 17.0 Å². The molecule has 2 aliphatic heterocycles. The summed E-state index contributed by atoms with van der Waals surface area (Å²) >= 11 is 0. The minimum atomic E-state index is 0.373. The lowest BCUT2D eigenvalue weighted by Gasteiger charge is -2.38. The van der Waals surface area contributed by atoms with E-state index in [-0.39, 0.29) is 0 Å². The van der Waals surface area contributed by atoms with Crippen LogP contribution in [0.4, 0.5) is 0 Å². The van der Waals surface area contributed by atoms with Gasteiger partial charge in [-0.2, -0.15) is 0 Å². The van der Waals surface area contributed by atoms with Gasteiger partial charge in [-0.05, 0) is 49.9 Å².